The molecule has 0 spiro atoms. The molecule has 5 nitrogen and oxygen atoms in total. The van der Waals surface area contributed by atoms with E-state index in [1.807, 2.05) is 11.8 Å². The van der Waals surface area contributed by atoms with Crippen molar-refractivity contribution in [2.45, 2.75) is 31.2 Å². The van der Waals surface area contributed by atoms with E-state index < -0.39 is 0 Å². The minimum Gasteiger partial charge on any atom is -0.407 e. The summed E-state index contributed by atoms with van der Waals surface area (Å²) in [4.78, 5) is 0. The van der Waals surface area contributed by atoms with Crippen molar-refractivity contribution in [2.24, 2.45) is 5.73 Å². The standard InChI is InChI=1S/C8H14N4OS/c1-8(2)5(4-14-8)10-7-12-11-6(3-9)13-7/h5H,3-4,9H2,1-2H3,(H,10,12). The molecule has 78 valence electrons. The van der Waals surface area contributed by atoms with Crippen molar-refractivity contribution in [3.8, 4) is 0 Å². The van der Waals surface area contributed by atoms with Crippen LogP contribution in [-0.2, 0) is 6.54 Å². The predicted molar refractivity (Wildman–Crippen MR) is 56.1 cm³/mol. The highest BCUT2D eigenvalue weighted by Crippen LogP contribution is 2.41. The van der Waals surface area contributed by atoms with Crippen molar-refractivity contribution in [1.82, 2.24) is 10.2 Å². The van der Waals surface area contributed by atoms with Crippen LogP contribution in [0.25, 0.3) is 0 Å². The van der Waals surface area contributed by atoms with Gasteiger partial charge in [0.05, 0.1) is 12.6 Å². The minimum absolute atomic E-state index is 0.247. The first-order chi connectivity index (χ1) is 6.62. The van der Waals surface area contributed by atoms with Crippen LogP contribution in [0.5, 0.6) is 0 Å². The van der Waals surface area contributed by atoms with Crippen LogP contribution in [0, 0.1) is 0 Å². The molecule has 14 heavy (non-hydrogen) atoms. The summed E-state index contributed by atoms with van der Waals surface area (Å²) < 4.78 is 5.51. The van der Waals surface area contributed by atoms with Gasteiger partial charge in [-0.25, -0.2) is 0 Å². The van der Waals surface area contributed by atoms with Gasteiger partial charge in [-0.15, -0.1) is 5.10 Å². The highest BCUT2D eigenvalue weighted by molar-refractivity contribution is 8.02. The van der Waals surface area contributed by atoms with Crippen molar-refractivity contribution in [3.05, 3.63) is 5.89 Å². The molecule has 1 unspecified atom stereocenters. The third kappa shape index (κ3) is 1.72. The Bertz CT molecular complexity index is 325. The molecule has 0 saturated carbocycles. The molecule has 2 rings (SSSR count). The number of rotatable bonds is 3. The Kier molecular flexibility index (Phi) is 2.40. The van der Waals surface area contributed by atoms with E-state index in [0.717, 1.165) is 5.75 Å². The highest BCUT2D eigenvalue weighted by Gasteiger charge is 2.40. The molecule has 2 heterocycles. The van der Waals surface area contributed by atoms with E-state index in [-0.39, 0.29) is 11.3 Å². The van der Waals surface area contributed by atoms with Crippen LogP contribution in [-0.4, -0.2) is 26.7 Å². The van der Waals surface area contributed by atoms with Gasteiger partial charge in [-0.2, -0.15) is 11.8 Å². The molecule has 0 aliphatic carbocycles. The molecule has 1 saturated heterocycles. The Labute approximate surface area is 86.8 Å². The molecule has 1 atom stereocenters. The van der Waals surface area contributed by atoms with Gasteiger partial charge in [0.15, 0.2) is 0 Å². The number of nitrogens with two attached hydrogens (primary N) is 1. The molecular weight excluding hydrogens is 200 g/mol. The molecule has 0 radical (unpaired) electrons. The molecule has 1 aromatic rings. The summed E-state index contributed by atoms with van der Waals surface area (Å²) in [5, 5.41) is 10.8. The van der Waals surface area contributed by atoms with Gasteiger partial charge >= 0.3 is 6.01 Å². The monoisotopic (exact) mass is 214 g/mol. The minimum atomic E-state index is 0.247. The number of thioether (sulfide) groups is 1. The number of hydrogen-bond donors (Lipinski definition) is 2. The zero-order valence-corrected chi connectivity index (χ0v) is 9.10. The summed E-state index contributed by atoms with van der Waals surface area (Å²) in [6, 6.07) is 0.877. The lowest BCUT2D eigenvalue weighted by Crippen LogP contribution is -2.50. The maximum Gasteiger partial charge on any atom is 0.315 e. The van der Waals surface area contributed by atoms with E-state index in [4.69, 9.17) is 10.2 Å². The van der Waals surface area contributed by atoms with Crippen LogP contribution in [0.4, 0.5) is 6.01 Å². The topological polar surface area (TPSA) is 77.0 Å². The predicted octanol–water partition coefficient (Wildman–Crippen LogP) is 0.834. The number of nitrogens with zero attached hydrogens (tertiary/aromatic N) is 2. The average molecular weight is 214 g/mol. The first-order valence-electron chi connectivity index (χ1n) is 4.55. The second-order valence-electron chi connectivity index (χ2n) is 3.82. The van der Waals surface area contributed by atoms with Crippen LogP contribution in [0.2, 0.25) is 0 Å². The lowest BCUT2D eigenvalue weighted by Gasteiger charge is -2.43. The Hall–Kier alpha value is -0.750. The second-order valence-corrected chi connectivity index (χ2v) is 5.49. The third-order valence-electron chi connectivity index (χ3n) is 2.40. The molecule has 6 heteroatoms. The van der Waals surface area contributed by atoms with E-state index in [9.17, 15) is 0 Å². The van der Waals surface area contributed by atoms with Crippen LogP contribution >= 0.6 is 11.8 Å². The maximum absolute atomic E-state index is 5.37. The van der Waals surface area contributed by atoms with Gasteiger partial charge in [-0.3, -0.25) is 0 Å². The number of nitrogens with one attached hydrogen (secondary N) is 1. The largest absolute Gasteiger partial charge is 0.407 e. The van der Waals surface area contributed by atoms with E-state index in [2.05, 4.69) is 29.4 Å². The molecule has 0 bridgehead atoms. The quantitative estimate of drug-likeness (QED) is 0.776. The van der Waals surface area contributed by atoms with E-state index >= 15 is 0 Å². The summed E-state index contributed by atoms with van der Waals surface area (Å²) >= 11 is 1.93. The van der Waals surface area contributed by atoms with Gasteiger partial charge < -0.3 is 15.5 Å². The molecule has 1 aliphatic heterocycles. The fourth-order valence-corrected chi connectivity index (χ4v) is 2.40. The molecule has 0 aromatic carbocycles. The van der Waals surface area contributed by atoms with Crippen molar-refractivity contribution in [3.63, 3.8) is 0 Å². The first kappa shape index (κ1) is 9.79. The van der Waals surface area contributed by atoms with Crippen LogP contribution < -0.4 is 11.1 Å². The summed E-state index contributed by atoms with van der Waals surface area (Å²) in [5.74, 6) is 1.55. The maximum atomic E-state index is 5.37. The highest BCUT2D eigenvalue weighted by atomic mass is 32.2. The van der Waals surface area contributed by atoms with Crippen LogP contribution in [0.3, 0.4) is 0 Å². The van der Waals surface area contributed by atoms with Gasteiger partial charge in [-0.05, 0) is 13.8 Å². The van der Waals surface area contributed by atoms with Crippen molar-refractivity contribution in [1.29, 1.82) is 0 Å². The Morgan fingerprint density at radius 3 is 2.86 bits per heavy atom. The third-order valence-corrected chi connectivity index (χ3v) is 3.93. The number of hydrogen-bond acceptors (Lipinski definition) is 6. The molecule has 3 N–H and O–H groups in total. The van der Waals surface area contributed by atoms with Crippen molar-refractivity contribution in [2.75, 3.05) is 11.1 Å². The lowest BCUT2D eigenvalue weighted by atomic mass is 10.0. The fourth-order valence-electron chi connectivity index (χ4n) is 1.26. The SMILES string of the molecule is CC1(C)SCC1Nc1nnc(CN)o1. The molecular formula is C8H14N4OS. The summed E-state index contributed by atoms with van der Waals surface area (Å²) in [7, 11) is 0. The van der Waals surface area contributed by atoms with Gasteiger partial charge in [0.1, 0.15) is 0 Å². The number of aromatic nitrogens is 2. The molecule has 1 fully saturated rings. The zero-order valence-electron chi connectivity index (χ0n) is 8.28. The van der Waals surface area contributed by atoms with Gasteiger partial charge in [-0.1, -0.05) is 5.10 Å². The lowest BCUT2D eigenvalue weighted by molar-refractivity contribution is 0.486. The Morgan fingerprint density at radius 2 is 2.43 bits per heavy atom. The smallest absolute Gasteiger partial charge is 0.315 e. The van der Waals surface area contributed by atoms with Crippen LogP contribution in [0.15, 0.2) is 4.42 Å². The van der Waals surface area contributed by atoms with Crippen molar-refractivity contribution < 1.29 is 4.42 Å². The summed E-state index contributed by atoms with van der Waals surface area (Å²) in [6.07, 6.45) is 0. The number of anilines is 1. The molecule has 1 aromatic heterocycles. The van der Waals surface area contributed by atoms with Gasteiger partial charge in [0.2, 0.25) is 5.89 Å². The van der Waals surface area contributed by atoms with Gasteiger partial charge in [0, 0.05) is 10.5 Å². The first-order valence-corrected chi connectivity index (χ1v) is 5.53. The van der Waals surface area contributed by atoms with E-state index in [1.165, 1.54) is 0 Å². The average Bonchev–Trinajstić information content (AvgIpc) is 2.60. The van der Waals surface area contributed by atoms with Gasteiger partial charge in [0.25, 0.3) is 0 Å². The zero-order chi connectivity index (χ0) is 10.2. The van der Waals surface area contributed by atoms with E-state index in [0.29, 0.717) is 17.9 Å². The Balaban J connectivity index is 1.97. The molecule has 1 aliphatic rings. The normalized spacial score (nSPS) is 24.4. The summed E-state index contributed by atoms with van der Waals surface area (Å²) in [6.45, 7) is 4.68. The fraction of sp³-hybridized carbons (Fsp3) is 0.750. The molecule has 0 amide bonds. The van der Waals surface area contributed by atoms with E-state index in [1.54, 1.807) is 0 Å². The Morgan fingerprint density at radius 1 is 1.64 bits per heavy atom. The van der Waals surface area contributed by atoms with Crippen LogP contribution in [0.1, 0.15) is 19.7 Å². The van der Waals surface area contributed by atoms with Crippen molar-refractivity contribution >= 4 is 17.8 Å². The summed E-state index contributed by atoms with van der Waals surface area (Å²) in [5.41, 5.74) is 5.37. The second kappa shape index (κ2) is 3.43.